The first-order valence-electron chi connectivity index (χ1n) is 12.9. The van der Waals surface area contributed by atoms with E-state index in [9.17, 15) is 4.79 Å². The van der Waals surface area contributed by atoms with Crippen LogP contribution in [0.4, 0.5) is 0 Å². The Bertz CT molecular complexity index is 1100. The molecule has 2 aromatic rings. The highest BCUT2D eigenvalue weighted by Crippen LogP contribution is 2.31. The number of nitrogens with zero attached hydrogens (tertiary/aromatic N) is 6. The zero-order chi connectivity index (χ0) is 23.7. The lowest BCUT2D eigenvalue weighted by Gasteiger charge is -2.36. The summed E-state index contributed by atoms with van der Waals surface area (Å²) in [6.45, 7) is 6.67. The maximum absolute atomic E-state index is 13.2. The number of fused-ring (bicyclic) bond motifs is 3. The van der Waals surface area contributed by atoms with Gasteiger partial charge in [0, 0.05) is 77.6 Å². The lowest BCUT2D eigenvalue weighted by molar-refractivity contribution is -0.128. The molecule has 3 aliphatic rings. The van der Waals surface area contributed by atoms with Crippen LogP contribution in [0.3, 0.4) is 0 Å². The molecule has 1 aromatic carbocycles. The number of carbonyl (C=O) groups excluding carboxylic acids is 1. The Balaban J connectivity index is 1.32. The number of imidazole rings is 1. The Kier molecular flexibility index (Phi) is 6.73. The Morgan fingerprint density at radius 1 is 1.12 bits per heavy atom. The largest absolute Gasteiger partial charge is 0.382 e. The maximum atomic E-state index is 13.2. The van der Waals surface area contributed by atoms with Crippen molar-refractivity contribution >= 4 is 23.2 Å². The number of hydrogen-bond donors (Lipinski definition) is 0. The maximum Gasteiger partial charge on any atom is 0.273 e. The van der Waals surface area contributed by atoms with Gasteiger partial charge in [-0.2, -0.15) is 0 Å². The summed E-state index contributed by atoms with van der Waals surface area (Å²) in [4.78, 5) is 29.1. The van der Waals surface area contributed by atoms with Crippen LogP contribution in [0.15, 0.2) is 35.1 Å². The highest BCUT2D eigenvalue weighted by Gasteiger charge is 2.29. The van der Waals surface area contributed by atoms with Crippen molar-refractivity contribution in [2.24, 2.45) is 4.99 Å². The molecule has 0 radical (unpaired) electrons. The zero-order valence-electron chi connectivity index (χ0n) is 20.9. The topological polar surface area (TPSA) is 57.0 Å². The molecule has 1 aromatic heterocycles. The standard InChI is InChI=1S/C27H38N6O/c1-4-28-24(19-30(2)3)27(34)32-13-6-7-21(18-32)20-10-11-25-23(17-20)29-26-12-14-31(15-16-33(25)26)22-8-5-9-22/h4,10-11,17,19,21-22H,5-9,12-16,18H2,1-3H3/b24-19-,28-4?. The van der Waals surface area contributed by atoms with Gasteiger partial charge >= 0.3 is 0 Å². The zero-order valence-corrected chi connectivity index (χ0v) is 20.9. The van der Waals surface area contributed by atoms with Crippen LogP contribution in [-0.2, 0) is 17.8 Å². The van der Waals surface area contributed by atoms with Gasteiger partial charge in [0.25, 0.3) is 5.91 Å². The van der Waals surface area contributed by atoms with Crippen LogP contribution < -0.4 is 0 Å². The number of amides is 1. The highest BCUT2D eigenvalue weighted by atomic mass is 16.2. The summed E-state index contributed by atoms with van der Waals surface area (Å²) in [5.41, 5.74) is 4.16. The molecule has 3 heterocycles. The number of rotatable bonds is 5. The van der Waals surface area contributed by atoms with Crippen molar-refractivity contribution in [2.45, 2.75) is 64.0 Å². The Labute approximate surface area is 203 Å². The fraction of sp³-hybridized carbons (Fsp3) is 0.593. The number of aliphatic imine (C=N–C) groups is 1. The minimum absolute atomic E-state index is 0.0160. The van der Waals surface area contributed by atoms with Gasteiger partial charge in [-0.05, 0) is 50.3 Å². The molecule has 7 heteroatoms. The first-order valence-corrected chi connectivity index (χ1v) is 12.9. The number of aromatic nitrogens is 2. The number of piperidine rings is 1. The summed E-state index contributed by atoms with van der Waals surface area (Å²) in [6.07, 6.45) is 10.8. The quantitative estimate of drug-likeness (QED) is 0.503. The molecule has 1 aliphatic carbocycles. The van der Waals surface area contributed by atoms with Gasteiger partial charge in [-0.1, -0.05) is 12.5 Å². The summed E-state index contributed by atoms with van der Waals surface area (Å²) >= 11 is 0. The van der Waals surface area contributed by atoms with Crippen LogP contribution in [0.25, 0.3) is 11.0 Å². The summed E-state index contributed by atoms with van der Waals surface area (Å²) in [5, 5.41) is 0. The molecule has 1 saturated carbocycles. The third-order valence-electron chi connectivity index (χ3n) is 7.72. The van der Waals surface area contributed by atoms with Gasteiger partial charge < -0.3 is 14.4 Å². The lowest BCUT2D eigenvalue weighted by atomic mass is 9.90. The second kappa shape index (κ2) is 9.90. The minimum Gasteiger partial charge on any atom is -0.382 e. The van der Waals surface area contributed by atoms with Crippen LogP contribution in [0.1, 0.15) is 56.3 Å². The van der Waals surface area contributed by atoms with E-state index in [4.69, 9.17) is 4.98 Å². The molecule has 0 N–H and O–H groups in total. The van der Waals surface area contributed by atoms with Crippen molar-refractivity contribution in [1.82, 2.24) is 24.3 Å². The van der Waals surface area contributed by atoms with E-state index >= 15 is 0 Å². The molecule has 7 nitrogen and oxygen atoms in total. The van der Waals surface area contributed by atoms with E-state index < -0.39 is 0 Å². The van der Waals surface area contributed by atoms with Crippen molar-refractivity contribution in [1.29, 1.82) is 0 Å². The van der Waals surface area contributed by atoms with Gasteiger partial charge in [-0.15, -0.1) is 0 Å². The summed E-state index contributed by atoms with van der Waals surface area (Å²) < 4.78 is 2.44. The fourth-order valence-corrected chi connectivity index (χ4v) is 5.71. The second-order valence-electron chi connectivity index (χ2n) is 10.3. The van der Waals surface area contributed by atoms with E-state index in [0.717, 1.165) is 63.5 Å². The number of benzene rings is 1. The van der Waals surface area contributed by atoms with Crippen LogP contribution in [0.5, 0.6) is 0 Å². The average Bonchev–Trinajstić information content (AvgIpc) is 3.02. The van der Waals surface area contributed by atoms with Gasteiger partial charge in [0.1, 0.15) is 11.5 Å². The molecule has 1 saturated heterocycles. The first-order chi connectivity index (χ1) is 16.5. The normalized spacial score (nSPS) is 22.6. The van der Waals surface area contributed by atoms with Crippen LogP contribution in [-0.4, -0.2) is 82.7 Å². The molecule has 1 amide bonds. The highest BCUT2D eigenvalue weighted by molar-refractivity contribution is 5.94. The average molecular weight is 463 g/mol. The van der Waals surface area contributed by atoms with Gasteiger partial charge in [-0.3, -0.25) is 14.7 Å². The van der Waals surface area contributed by atoms with E-state index in [2.05, 4.69) is 32.7 Å². The molecular formula is C27H38N6O. The summed E-state index contributed by atoms with van der Waals surface area (Å²) in [6, 6.07) is 7.61. The number of hydrogen-bond acceptors (Lipinski definition) is 5. The van der Waals surface area contributed by atoms with Crippen LogP contribution in [0.2, 0.25) is 0 Å². The Morgan fingerprint density at radius 3 is 2.71 bits per heavy atom. The van der Waals surface area contributed by atoms with E-state index in [-0.39, 0.29) is 5.91 Å². The molecule has 182 valence electrons. The smallest absolute Gasteiger partial charge is 0.273 e. The molecule has 0 bridgehead atoms. The van der Waals surface area contributed by atoms with Gasteiger partial charge in [0.15, 0.2) is 0 Å². The molecule has 5 rings (SSSR count). The SMILES string of the molecule is CC=N/C(=C\N(C)C)C(=O)N1CCCC(c2ccc3c(c2)nc2n3CCN(C3CCC3)CC2)C1. The van der Waals surface area contributed by atoms with E-state index in [1.165, 1.54) is 36.2 Å². The molecule has 34 heavy (non-hydrogen) atoms. The molecule has 0 spiro atoms. The Morgan fingerprint density at radius 2 is 1.97 bits per heavy atom. The van der Waals surface area contributed by atoms with E-state index in [1.807, 2.05) is 37.0 Å². The molecule has 2 fully saturated rings. The minimum atomic E-state index is 0.0160. The van der Waals surface area contributed by atoms with Crippen LogP contribution >= 0.6 is 0 Å². The van der Waals surface area contributed by atoms with Crippen molar-refractivity contribution in [2.75, 3.05) is 40.3 Å². The monoisotopic (exact) mass is 462 g/mol. The van der Waals surface area contributed by atoms with Crippen molar-refractivity contribution in [3.05, 3.63) is 41.5 Å². The van der Waals surface area contributed by atoms with Crippen molar-refractivity contribution in [3.63, 3.8) is 0 Å². The molecule has 1 unspecified atom stereocenters. The molecule has 2 aliphatic heterocycles. The fourth-order valence-electron chi connectivity index (χ4n) is 5.71. The van der Waals surface area contributed by atoms with Crippen molar-refractivity contribution < 1.29 is 4.79 Å². The van der Waals surface area contributed by atoms with Crippen LogP contribution in [0, 0.1) is 0 Å². The molecular weight excluding hydrogens is 424 g/mol. The number of carbonyl (C=O) groups is 1. The predicted molar refractivity (Wildman–Crippen MR) is 137 cm³/mol. The molecule has 1 atom stereocenters. The summed E-state index contributed by atoms with van der Waals surface area (Å²) in [7, 11) is 3.84. The second-order valence-corrected chi connectivity index (χ2v) is 10.3. The van der Waals surface area contributed by atoms with Gasteiger partial charge in [-0.25, -0.2) is 4.98 Å². The van der Waals surface area contributed by atoms with Gasteiger partial charge in [0.2, 0.25) is 0 Å². The van der Waals surface area contributed by atoms with E-state index in [1.54, 1.807) is 6.21 Å². The number of likely N-dealkylation sites (tertiary alicyclic amines) is 1. The summed E-state index contributed by atoms with van der Waals surface area (Å²) in [5.74, 6) is 1.58. The third-order valence-corrected chi connectivity index (χ3v) is 7.72. The first kappa shape index (κ1) is 23.1. The van der Waals surface area contributed by atoms with Crippen molar-refractivity contribution in [3.8, 4) is 0 Å². The Hall–Kier alpha value is -2.67. The van der Waals surface area contributed by atoms with E-state index in [0.29, 0.717) is 11.6 Å². The lowest BCUT2D eigenvalue weighted by Crippen LogP contribution is -2.41. The van der Waals surface area contributed by atoms with Gasteiger partial charge in [0.05, 0.1) is 11.0 Å². The third kappa shape index (κ3) is 4.63. The predicted octanol–water partition coefficient (Wildman–Crippen LogP) is 3.65.